The van der Waals surface area contributed by atoms with Crippen LogP contribution in [0.25, 0.3) is 21.9 Å². The number of hydrogen-bond acceptors (Lipinski definition) is 5. The largest absolute Gasteiger partial charge is 0.456 e. The molecule has 21 heavy (non-hydrogen) atoms. The Kier molecular flexibility index (Phi) is 3.19. The zero-order valence-electron chi connectivity index (χ0n) is 11.2. The lowest BCUT2D eigenvalue weighted by Gasteiger charge is -2.09. The maximum absolute atomic E-state index is 12.5. The molecule has 0 radical (unpaired) electrons. The summed E-state index contributed by atoms with van der Waals surface area (Å²) in [6, 6.07) is 11.9. The lowest BCUT2D eigenvalue weighted by Crippen LogP contribution is -2.11. The van der Waals surface area contributed by atoms with Gasteiger partial charge in [0.05, 0.1) is 16.7 Å². The van der Waals surface area contributed by atoms with Gasteiger partial charge < -0.3 is 9.30 Å². The normalized spacial score (nSPS) is 12.5. The summed E-state index contributed by atoms with van der Waals surface area (Å²) in [7, 11) is 0. The van der Waals surface area contributed by atoms with Gasteiger partial charge in [0, 0.05) is 0 Å². The van der Waals surface area contributed by atoms with Crippen LogP contribution in [0, 0.1) is 0 Å². The molecule has 0 aliphatic carbocycles. The highest BCUT2D eigenvalue weighted by molar-refractivity contribution is 5.90. The number of rotatable bonds is 2. The van der Waals surface area contributed by atoms with Gasteiger partial charge in [0.25, 0.3) is 0 Å². The van der Waals surface area contributed by atoms with Crippen molar-refractivity contribution < 1.29 is 19.4 Å². The van der Waals surface area contributed by atoms with E-state index in [2.05, 4.69) is 4.89 Å². The Balaban J connectivity index is 2.26. The van der Waals surface area contributed by atoms with Crippen molar-refractivity contribution in [3.63, 3.8) is 0 Å². The van der Waals surface area contributed by atoms with E-state index in [1.165, 1.54) is 0 Å². The summed E-state index contributed by atoms with van der Waals surface area (Å²) in [5.74, 6) is -1.45. The molecular formula is C16H12O5. The maximum atomic E-state index is 12.5. The van der Waals surface area contributed by atoms with Gasteiger partial charge >= 0.3 is 5.97 Å². The summed E-state index contributed by atoms with van der Waals surface area (Å²) in [4.78, 5) is 27.6. The number of hydrogen-bond donors (Lipinski definition) is 1. The van der Waals surface area contributed by atoms with Crippen LogP contribution in [0.15, 0.2) is 51.7 Å². The lowest BCUT2D eigenvalue weighted by molar-refractivity contribution is -0.235. The van der Waals surface area contributed by atoms with Crippen LogP contribution in [0.3, 0.4) is 0 Å². The molecule has 1 heterocycles. The van der Waals surface area contributed by atoms with Crippen LogP contribution in [-0.4, -0.2) is 11.2 Å². The summed E-state index contributed by atoms with van der Waals surface area (Å²) in [5.41, 5.74) is 1.39. The molecule has 1 atom stereocenters. The molecule has 1 N–H and O–H groups in total. The van der Waals surface area contributed by atoms with Crippen molar-refractivity contribution in [2.45, 2.75) is 12.8 Å². The molecule has 3 rings (SSSR count). The first kappa shape index (κ1) is 13.3. The second-order valence-corrected chi connectivity index (χ2v) is 4.81. The van der Waals surface area contributed by atoms with Gasteiger partial charge in [-0.15, -0.1) is 0 Å². The van der Waals surface area contributed by atoms with Crippen LogP contribution < -0.4 is 5.43 Å². The monoisotopic (exact) mass is 284 g/mol. The molecule has 0 amide bonds. The SMILES string of the molecule is CC(C(=O)OO)c1ccc2oc3ccccc3c(=O)c2c1. The van der Waals surface area contributed by atoms with Crippen LogP contribution in [0.4, 0.5) is 0 Å². The first-order valence-corrected chi connectivity index (χ1v) is 6.42. The Morgan fingerprint density at radius 1 is 1.14 bits per heavy atom. The predicted molar refractivity (Wildman–Crippen MR) is 77.1 cm³/mol. The van der Waals surface area contributed by atoms with Crippen molar-refractivity contribution in [3.05, 3.63) is 58.3 Å². The fourth-order valence-electron chi connectivity index (χ4n) is 2.31. The average Bonchev–Trinajstić information content (AvgIpc) is 2.53. The van der Waals surface area contributed by atoms with Gasteiger partial charge in [0.15, 0.2) is 0 Å². The zero-order valence-corrected chi connectivity index (χ0v) is 11.2. The number of carbonyl (C=O) groups excluding carboxylic acids is 1. The highest BCUT2D eigenvalue weighted by atomic mass is 17.1. The Bertz CT molecular complexity index is 894. The Morgan fingerprint density at radius 3 is 2.62 bits per heavy atom. The number of carbonyl (C=O) groups is 1. The molecule has 106 valence electrons. The van der Waals surface area contributed by atoms with E-state index in [0.29, 0.717) is 27.5 Å². The minimum Gasteiger partial charge on any atom is -0.456 e. The molecule has 1 unspecified atom stereocenters. The van der Waals surface area contributed by atoms with Crippen LogP contribution in [0.5, 0.6) is 0 Å². The summed E-state index contributed by atoms with van der Waals surface area (Å²) in [6.45, 7) is 1.59. The molecule has 0 aliphatic heterocycles. The molecule has 0 spiro atoms. The number of para-hydroxylation sites is 1. The summed E-state index contributed by atoms with van der Waals surface area (Å²) in [6.07, 6.45) is 0. The van der Waals surface area contributed by atoms with Gasteiger partial charge in [-0.2, -0.15) is 5.26 Å². The molecule has 2 aromatic carbocycles. The van der Waals surface area contributed by atoms with Gasteiger partial charge in [-0.1, -0.05) is 18.2 Å². The predicted octanol–water partition coefficient (Wildman–Crippen LogP) is 3.07. The standard InChI is InChI=1S/C16H12O5/c1-9(16(18)21-19)10-6-7-14-12(8-10)15(17)11-4-2-3-5-13(11)20-14/h2-9,19H,1H3. The van der Waals surface area contributed by atoms with E-state index in [-0.39, 0.29) is 5.43 Å². The molecular weight excluding hydrogens is 272 g/mol. The third kappa shape index (κ3) is 2.17. The molecule has 0 fully saturated rings. The first-order valence-electron chi connectivity index (χ1n) is 6.42. The van der Waals surface area contributed by atoms with Crippen molar-refractivity contribution >= 4 is 27.9 Å². The van der Waals surface area contributed by atoms with Gasteiger partial charge in [-0.25, -0.2) is 4.79 Å². The van der Waals surface area contributed by atoms with E-state index >= 15 is 0 Å². The highest BCUT2D eigenvalue weighted by Gasteiger charge is 2.18. The van der Waals surface area contributed by atoms with Crippen molar-refractivity contribution in [1.29, 1.82) is 0 Å². The van der Waals surface area contributed by atoms with Crippen molar-refractivity contribution in [3.8, 4) is 0 Å². The average molecular weight is 284 g/mol. The van der Waals surface area contributed by atoms with Crippen LogP contribution >= 0.6 is 0 Å². The van der Waals surface area contributed by atoms with Crippen LogP contribution in [-0.2, 0) is 9.68 Å². The Hall–Kier alpha value is -2.66. The summed E-state index contributed by atoms with van der Waals surface area (Å²) < 4.78 is 5.68. The van der Waals surface area contributed by atoms with Gasteiger partial charge in [0.2, 0.25) is 5.43 Å². The third-order valence-electron chi connectivity index (χ3n) is 3.54. The molecule has 0 bridgehead atoms. The van der Waals surface area contributed by atoms with Gasteiger partial charge in [-0.3, -0.25) is 4.79 Å². The van der Waals surface area contributed by atoms with Gasteiger partial charge in [0.1, 0.15) is 11.2 Å². The van der Waals surface area contributed by atoms with Crippen LogP contribution in [0.2, 0.25) is 0 Å². The smallest absolute Gasteiger partial charge is 0.349 e. The second kappa shape index (κ2) is 5.03. The quantitative estimate of drug-likeness (QED) is 0.444. The second-order valence-electron chi connectivity index (χ2n) is 4.81. The van der Waals surface area contributed by atoms with E-state index in [4.69, 9.17) is 9.67 Å². The molecule has 5 nitrogen and oxygen atoms in total. The highest BCUT2D eigenvalue weighted by Crippen LogP contribution is 2.23. The minimum absolute atomic E-state index is 0.154. The zero-order chi connectivity index (χ0) is 15.0. The van der Waals surface area contributed by atoms with Crippen molar-refractivity contribution in [2.24, 2.45) is 0 Å². The minimum atomic E-state index is -0.778. The van der Waals surface area contributed by atoms with Crippen molar-refractivity contribution in [2.75, 3.05) is 0 Å². The maximum Gasteiger partial charge on any atom is 0.349 e. The van der Waals surface area contributed by atoms with E-state index < -0.39 is 11.9 Å². The third-order valence-corrected chi connectivity index (χ3v) is 3.54. The number of fused-ring (bicyclic) bond motifs is 2. The van der Waals surface area contributed by atoms with Gasteiger partial charge in [-0.05, 0) is 36.8 Å². The Morgan fingerprint density at radius 2 is 1.86 bits per heavy atom. The van der Waals surface area contributed by atoms with E-state index in [0.717, 1.165) is 0 Å². The molecule has 0 saturated carbocycles. The summed E-state index contributed by atoms with van der Waals surface area (Å²) in [5, 5.41) is 9.32. The van der Waals surface area contributed by atoms with E-state index in [9.17, 15) is 9.59 Å². The Labute approximate surface area is 119 Å². The summed E-state index contributed by atoms with van der Waals surface area (Å²) >= 11 is 0. The number of benzene rings is 2. The fourth-order valence-corrected chi connectivity index (χ4v) is 2.31. The fraction of sp³-hybridized carbons (Fsp3) is 0.125. The molecule has 0 saturated heterocycles. The van der Waals surface area contributed by atoms with Crippen molar-refractivity contribution in [1.82, 2.24) is 0 Å². The van der Waals surface area contributed by atoms with E-state index in [1.807, 2.05) is 0 Å². The molecule has 5 heteroatoms. The lowest BCUT2D eigenvalue weighted by atomic mass is 9.99. The topological polar surface area (TPSA) is 76.7 Å². The first-order chi connectivity index (χ1) is 10.1. The molecule has 1 aromatic heterocycles. The molecule has 0 aliphatic rings. The van der Waals surface area contributed by atoms with Crippen LogP contribution in [0.1, 0.15) is 18.4 Å². The molecule has 3 aromatic rings. The van der Waals surface area contributed by atoms with E-state index in [1.54, 1.807) is 49.4 Å².